The number of halogens is 3. The number of aromatic amines is 1. The molecule has 0 aromatic carbocycles. The number of hydrogen-bond acceptors (Lipinski definition) is 2. The minimum atomic E-state index is -2.95. The van der Waals surface area contributed by atoms with E-state index in [2.05, 4.69) is 15.9 Å². The average molecular weight is 268 g/mol. The van der Waals surface area contributed by atoms with E-state index in [9.17, 15) is 18.4 Å². The van der Waals surface area contributed by atoms with Crippen LogP contribution in [0.25, 0.3) is 0 Å². The van der Waals surface area contributed by atoms with E-state index in [1.807, 2.05) is 4.98 Å². The van der Waals surface area contributed by atoms with Crippen molar-refractivity contribution in [3.8, 4) is 0 Å². The Bertz CT molecular complexity index is 429. The summed E-state index contributed by atoms with van der Waals surface area (Å²) in [5, 5.41) is 8.51. The van der Waals surface area contributed by atoms with Crippen molar-refractivity contribution in [2.75, 3.05) is 0 Å². The molecule has 14 heavy (non-hydrogen) atoms. The molecule has 0 aliphatic rings. The zero-order valence-corrected chi connectivity index (χ0v) is 8.14. The van der Waals surface area contributed by atoms with Crippen molar-refractivity contribution in [3.05, 3.63) is 32.2 Å². The lowest BCUT2D eigenvalue weighted by Gasteiger charge is -2.04. The normalized spacial score (nSPS) is 10.6. The number of carbonyl (C=O) groups is 1. The van der Waals surface area contributed by atoms with Gasteiger partial charge in [-0.25, -0.2) is 13.6 Å². The van der Waals surface area contributed by atoms with Gasteiger partial charge in [0.2, 0.25) is 0 Å². The van der Waals surface area contributed by atoms with Gasteiger partial charge in [0.05, 0.1) is 10.0 Å². The lowest BCUT2D eigenvalue weighted by molar-refractivity contribution is 0.0676. The molecule has 0 amide bonds. The van der Waals surface area contributed by atoms with Gasteiger partial charge in [0.1, 0.15) is 5.69 Å². The second-order valence-electron chi connectivity index (χ2n) is 2.38. The van der Waals surface area contributed by atoms with Crippen molar-refractivity contribution in [3.63, 3.8) is 0 Å². The van der Waals surface area contributed by atoms with Crippen molar-refractivity contribution in [2.45, 2.75) is 6.43 Å². The van der Waals surface area contributed by atoms with Crippen molar-refractivity contribution in [2.24, 2.45) is 0 Å². The number of alkyl halides is 2. The van der Waals surface area contributed by atoms with E-state index in [1.54, 1.807) is 0 Å². The van der Waals surface area contributed by atoms with Gasteiger partial charge in [-0.2, -0.15) is 0 Å². The van der Waals surface area contributed by atoms with E-state index in [4.69, 9.17) is 5.11 Å². The third-order valence-electron chi connectivity index (χ3n) is 1.48. The molecular formula is C7H4BrF2NO3. The number of carboxylic acid groups (broad SMARTS) is 1. The summed E-state index contributed by atoms with van der Waals surface area (Å²) in [7, 11) is 0. The van der Waals surface area contributed by atoms with Crippen LogP contribution in [0, 0.1) is 0 Å². The Hall–Kier alpha value is -1.24. The fourth-order valence-corrected chi connectivity index (χ4v) is 1.21. The van der Waals surface area contributed by atoms with Gasteiger partial charge in [-0.15, -0.1) is 0 Å². The molecule has 1 aromatic heterocycles. The van der Waals surface area contributed by atoms with E-state index >= 15 is 0 Å². The van der Waals surface area contributed by atoms with E-state index in [-0.39, 0.29) is 4.47 Å². The molecule has 0 radical (unpaired) electrons. The molecule has 76 valence electrons. The molecule has 1 heterocycles. The highest BCUT2D eigenvalue weighted by atomic mass is 79.9. The molecule has 4 nitrogen and oxygen atoms in total. The van der Waals surface area contributed by atoms with Crippen LogP contribution in [0.5, 0.6) is 0 Å². The topological polar surface area (TPSA) is 70.2 Å². The van der Waals surface area contributed by atoms with Gasteiger partial charge in [-0.05, 0) is 22.0 Å². The second kappa shape index (κ2) is 3.87. The summed E-state index contributed by atoms with van der Waals surface area (Å²) in [6.07, 6.45) is -2.95. The van der Waals surface area contributed by atoms with Crippen LogP contribution < -0.4 is 5.56 Å². The summed E-state index contributed by atoms with van der Waals surface area (Å²) in [5.74, 6) is -1.59. The number of pyridine rings is 1. The number of H-pyrrole nitrogens is 1. The highest BCUT2D eigenvalue weighted by Crippen LogP contribution is 2.22. The third-order valence-corrected chi connectivity index (χ3v) is 2.06. The fourth-order valence-electron chi connectivity index (χ4n) is 0.869. The average Bonchev–Trinajstić information content (AvgIpc) is 2.08. The standard InChI is InChI=1S/C7H4BrF2NO3/c8-3-1-2(5(9)10)4(7(13)14)11-6(3)12/h1,5H,(H,11,12)(H,13,14). The monoisotopic (exact) mass is 267 g/mol. The Morgan fingerprint density at radius 3 is 2.57 bits per heavy atom. The van der Waals surface area contributed by atoms with Crippen LogP contribution in [-0.2, 0) is 0 Å². The minimum Gasteiger partial charge on any atom is -0.477 e. The molecule has 7 heteroatoms. The van der Waals surface area contributed by atoms with Crippen molar-refractivity contribution >= 4 is 21.9 Å². The maximum atomic E-state index is 12.3. The molecule has 0 spiro atoms. The summed E-state index contributed by atoms with van der Waals surface area (Å²) < 4.78 is 24.5. The molecule has 0 saturated heterocycles. The maximum Gasteiger partial charge on any atom is 0.352 e. The van der Waals surface area contributed by atoms with Gasteiger partial charge in [0.15, 0.2) is 0 Å². The zero-order valence-electron chi connectivity index (χ0n) is 6.55. The summed E-state index contributed by atoms with van der Waals surface area (Å²) in [6, 6.07) is 0.799. The van der Waals surface area contributed by atoms with E-state index in [1.165, 1.54) is 0 Å². The van der Waals surface area contributed by atoms with Gasteiger partial charge < -0.3 is 10.1 Å². The minimum absolute atomic E-state index is 0.127. The predicted octanol–water partition coefficient (Wildman–Crippen LogP) is 1.77. The smallest absolute Gasteiger partial charge is 0.352 e. The first kappa shape index (κ1) is 10.8. The number of hydrogen-bond donors (Lipinski definition) is 2. The molecule has 0 fully saturated rings. The summed E-state index contributed by atoms with van der Waals surface area (Å²) in [4.78, 5) is 23.2. The first-order valence-corrected chi connectivity index (χ1v) is 4.17. The van der Waals surface area contributed by atoms with Crippen LogP contribution >= 0.6 is 15.9 Å². The number of nitrogens with one attached hydrogen (secondary N) is 1. The molecule has 0 aliphatic heterocycles. The fraction of sp³-hybridized carbons (Fsp3) is 0.143. The molecule has 1 aromatic rings. The largest absolute Gasteiger partial charge is 0.477 e. The Morgan fingerprint density at radius 1 is 1.57 bits per heavy atom. The highest BCUT2D eigenvalue weighted by molar-refractivity contribution is 9.10. The molecule has 0 atom stereocenters. The third kappa shape index (κ3) is 1.98. The highest BCUT2D eigenvalue weighted by Gasteiger charge is 2.20. The van der Waals surface area contributed by atoms with Crippen LogP contribution in [0.2, 0.25) is 0 Å². The Kier molecular flexibility index (Phi) is 3.00. The molecule has 0 bridgehead atoms. The van der Waals surface area contributed by atoms with Gasteiger partial charge in [0.25, 0.3) is 12.0 Å². The molecule has 0 unspecified atom stereocenters. The Balaban J connectivity index is 3.47. The number of rotatable bonds is 2. The lowest BCUT2D eigenvalue weighted by atomic mass is 10.2. The summed E-state index contributed by atoms with van der Waals surface area (Å²) in [5.41, 5.74) is -2.26. The molecule has 0 aliphatic carbocycles. The van der Waals surface area contributed by atoms with E-state index < -0.39 is 29.2 Å². The number of aromatic nitrogens is 1. The van der Waals surface area contributed by atoms with Gasteiger partial charge in [-0.3, -0.25) is 4.79 Å². The molecule has 0 saturated carbocycles. The quantitative estimate of drug-likeness (QED) is 0.858. The van der Waals surface area contributed by atoms with Crippen LogP contribution in [-0.4, -0.2) is 16.1 Å². The molecule has 2 N–H and O–H groups in total. The van der Waals surface area contributed by atoms with E-state index in [0.29, 0.717) is 0 Å². The summed E-state index contributed by atoms with van der Waals surface area (Å²) >= 11 is 2.73. The number of carboxylic acids is 1. The second-order valence-corrected chi connectivity index (χ2v) is 3.24. The SMILES string of the molecule is O=C(O)c1[nH]c(=O)c(Br)cc1C(F)F. The van der Waals surface area contributed by atoms with Crippen molar-refractivity contribution < 1.29 is 18.7 Å². The van der Waals surface area contributed by atoms with Crippen molar-refractivity contribution in [1.29, 1.82) is 0 Å². The number of aromatic carboxylic acids is 1. The predicted molar refractivity (Wildman–Crippen MR) is 46.7 cm³/mol. The molecular weight excluding hydrogens is 264 g/mol. The van der Waals surface area contributed by atoms with Gasteiger partial charge >= 0.3 is 5.97 Å². The van der Waals surface area contributed by atoms with Crippen LogP contribution in [0.3, 0.4) is 0 Å². The van der Waals surface area contributed by atoms with Gasteiger partial charge in [0, 0.05) is 0 Å². The van der Waals surface area contributed by atoms with Crippen LogP contribution in [0.1, 0.15) is 22.5 Å². The lowest BCUT2D eigenvalue weighted by Crippen LogP contribution is -2.16. The Morgan fingerprint density at radius 2 is 2.14 bits per heavy atom. The van der Waals surface area contributed by atoms with Crippen molar-refractivity contribution in [1.82, 2.24) is 4.98 Å². The van der Waals surface area contributed by atoms with E-state index in [0.717, 1.165) is 6.07 Å². The molecule has 1 rings (SSSR count). The summed E-state index contributed by atoms with van der Waals surface area (Å²) in [6.45, 7) is 0. The van der Waals surface area contributed by atoms with Crippen LogP contribution in [0.4, 0.5) is 8.78 Å². The first-order valence-electron chi connectivity index (χ1n) is 3.37. The van der Waals surface area contributed by atoms with Crippen LogP contribution in [0.15, 0.2) is 15.3 Å². The Labute approximate surface area is 84.7 Å². The zero-order chi connectivity index (χ0) is 10.9. The van der Waals surface area contributed by atoms with Gasteiger partial charge in [-0.1, -0.05) is 0 Å². The maximum absolute atomic E-state index is 12.3. The first-order chi connectivity index (χ1) is 6.43.